The molecule has 0 heterocycles. The molecule has 0 aliphatic rings. The Hall–Kier alpha value is -0.160. The van der Waals surface area contributed by atoms with Crippen molar-refractivity contribution in [3.05, 3.63) is 0 Å². The van der Waals surface area contributed by atoms with Gasteiger partial charge in [-0.1, -0.05) is 13.3 Å². The molecule has 4 heteroatoms. The van der Waals surface area contributed by atoms with E-state index in [2.05, 4.69) is 12.2 Å². The number of unbranched alkanes of at least 4 members (excludes halogenated alkanes) is 1. The van der Waals surface area contributed by atoms with Crippen LogP contribution in [0.2, 0.25) is 0 Å². The lowest BCUT2D eigenvalue weighted by Gasteiger charge is -1.97. The highest BCUT2D eigenvalue weighted by molar-refractivity contribution is 4.43. The highest BCUT2D eigenvalue weighted by Crippen LogP contribution is 1.80. The van der Waals surface area contributed by atoms with Gasteiger partial charge in [-0.05, 0) is 13.0 Å². The summed E-state index contributed by atoms with van der Waals surface area (Å²) < 4.78 is 0. The molecule has 0 rings (SSSR count). The number of aliphatic hydroxyl groups is 1. The molecule has 0 unspecified atom stereocenters. The predicted molar refractivity (Wildman–Crippen MR) is 42.1 cm³/mol. The smallest absolute Gasteiger partial charge is 0.0555 e. The average Bonchev–Trinajstić information content (AvgIpc) is 1.81. The summed E-state index contributed by atoms with van der Waals surface area (Å²) in [6.07, 6.45) is 2.43. The summed E-state index contributed by atoms with van der Waals surface area (Å²) in [5.41, 5.74) is 0. The Balaban J connectivity index is -0.000000245. The molecule has 0 aliphatic heterocycles. The monoisotopic (exact) mass is 153 g/mol. The second-order valence-corrected chi connectivity index (χ2v) is 1.83. The van der Waals surface area contributed by atoms with Gasteiger partial charge in [0, 0.05) is 6.54 Å². The predicted octanol–water partition coefficient (Wildman–Crippen LogP) is -1.28. The summed E-state index contributed by atoms with van der Waals surface area (Å²) in [5, 5.41) is 11.4. The van der Waals surface area contributed by atoms with E-state index in [9.17, 15) is 0 Å². The fourth-order valence-electron chi connectivity index (χ4n) is 0.506. The highest BCUT2D eigenvalue weighted by atomic mass is 16.3. The van der Waals surface area contributed by atoms with E-state index >= 15 is 0 Å². The maximum absolute atomic E-state index is 8.30. The van der Waals surface area contributed by atoms with Gasteiger partial charge in [0.2, 0.25) is 0 Å². The Morgan fingerprint density at radius 1 is 1.20 bits per heavy atom. The SMILES string of the molecule is CCCCNCCO.O.O. The van der Waals surface area contributed by atoms with Crippen molar-refractivity contribution < 1.29 is 16.1 Å². The van der Waals surface area contributed by atoms with Crippen LogP contribution in [0.3, 0.4) is 0 Å². The minimum absolute atomic E-state index is 0. The van der Waals surface area contributed by atoms with Gasteiger partial charge >= 0.3 is 0 Å². The number of aliphatic hydroxyl groups excluding tert-OH is 1. The lowest BCUT2D eigenvalue weighted by Crippen LogP contribution is -2.18. The fourth-order valence-corrected chi connectivity index (χ4v) is 0.506. The second-order valence-electron chi connectivity index (χ2n) is 1.83. The largest absolute Gasteiger partial charge is 0.412 e. The average molecular weight is 153 g/mol. The van der Waals surface area contributed by atoms with Gasteiger partial charge < -0.3 is 21.4 Å². The molecule has 66 valence electrons. The molecular formula is C6H19NO3. The van der Waals surface area contributed by atoms with Gasteiger partial charge in [0.1, 0.15) is 0 Å². The number of nitrogens with one attached hydrogen (secondary N) is 1. The maximum Gasteiger partial charge on any atom is 0.0555 e. The van der Waals surface area contributed by atoms with Crippen molar-refractivity contribution in [1.29, 1.82) is 0 Å². The Morgan fingerprint density at radius 3 is 2.20 bits per heavy atom. The van der Waals surface area contributed by atoms with E-state index in [4.69, 9.17) is 5.11 Å². The summed E-state index contributed by atoms with van der Waals surface area (Å²) in [6, 6.07) is 0. The van der Waals surface area contributed by atoms with Gasteiger partial charge in [-0.25, -0.2) is 0 Å². The van der Waals surface area contributed by atoms with Crippen LogP contribution in [0.1, 0.15) is 19.8 Å². The lowest BCUT2D eigenvalue weighted by atomic mass is 10.3. The molecule has 10 heavy (non-hydrogen) atoms. The van der Waals surface area contributed by atoms with E-state index in [0.717, 1.165) is 13.1 Å². The van der Waals surface area contributed by atoms with Crippen LogP contribution in [0.4, 0.5) is 0 Å². The van der Waals surface area contributed by atoms with Crippen LogP contribution in [0.5, 0.6) is 0 Å². The molecular weight excluding hydrogens is 134 g/mol. The Bertz CT molecular complexity index is 38.0. The molecule has 4 nitrogen and oxygen atoms in total. The molecule has 0 saturated heterocycles. The molecule has 0 bridgehead atoms. The van der Waals surface area contributed by atoms with Gasteiger partial charge in [0.25, 0.3) is 0 Å². The topological polar surface area (TPSA) is 95.3 Å². The quantitative estimate of drug-likeness (QED) is 0.481. The molecule has 0 aliphatic carbocycles. The van der Waals surface area contributed by atoms with Crippen molar-refractivity contribution >= 4 is 0 Å². The van der Waals surface area contributed by atoms with Gasteiger partial charge in [-0.3, -0.25) is 0 Å². The van der Waals surface area contributed by atoms with Gasteiger partial charge in [0.15, 0.2) is 0 Å². The Labute approximate surface area is 61.9 Å². The van der Waals surface area contributed by atoms with Crippen LogP contribution in [-0.4, -0.2) is 35.8 Å². The van der Waals surface area contributed by atoms with Gasteiger partial charge in [0.05, 0.1) is 6.61 Å². The van der Waals surface area contributed by atoms with Gasteiger partial charge in [-0.15, -0.1) is 0 Å². The summed E-state index contributed by atoms with van der Waals surface area (Å²) in [4.78, 5) is 0. The third-order valence-electron chi connectivity index (χ3n) is 0.996. The van der Waals surface area contributed by atoms with Crippen LogP contribution in [0, 0.1) is 0 Å². The minimum atomic E-state index is 0. The molecule has 0 fully saturated rings. The molecule has 0 radical (unpaired) electrons. The van der Waals surface area contributed by atoms with Crippen molar-refractivity contribution in [3.8, 4) is 0 Å². The Morgan fingerprint density at radius 2 is 1.80 bits per heavy atom. The molecule has 0 amide bonds. The first-order chi connectivity index (χ1) is 3.91. The van der Waals surface area contributed by atoms with Crippen LogP contribution in [-0.2, 0) is 0 Å². The zero-order valence-corrected chi connectivity index (χ0v) is 6.48. The summed E-state index contributed by atoms with van der Waals surface area (Å²) in [7, 11) is 0. The third-order valence-corrected chi connectivity index (χ3v) is 0.996. The normalized spacial score (nSPS) is 7.80. The molecule has 0 aromatic carbocycles. The molecule has 0 spiro atoms. The van der Waals surface area contributed by atoms with Crippen molar-refractivity contribution in [3.63, 3.8) is 0 Å². The zero-order valence-electron chi connectivity index (χ0n) is 6.48. The van der Waals surface area contributed by atoms with E-state index in [0.29, 0.717) is 0 Å². The molecule has 0 aromatic rings. The van der Waals surface area contributed by atoms with Crippen molar-refractivity contribution in [1.82, 2.24) is 5.32 Å². The number of hydrogen-bond donors (Lipinski definition) is 2. The van der Waals surface area contributed by atoms with Crippen LogP contribution in [0.25, 0.3) is 0 Å². The van der Waals surface area contributed by atoms with E-state index < -0.39 is 0 Å². The summed E-state index contributed by atoms with van der Waals surface area (Å²) in [5.74, 6) is 0. The zero-order chi connectivity index (χ0) is 6.24. The Kier molecular flexibility index (Phi) is 26.2. The molecule has 0 aromatic heterocycles. The van der Waals surface area contributed by atoms with Gasteiger partial charge in [-0.2, -0.15) is 0 Å². The molecule has 6 N–H and O–H groups in total. The second kappa shape index (κ2) is 15.9. The molecule has 0 saturated carbocycles. The first-order valence-corrected chi connectivity index (χ1v) is 3.23. The number of hydrogen-bond acceptors (Lipinski definition) is 2. The standard InChI is InChI=1S/C6H15NO.2H2O/c1-2-3-4-7-5-6-8;;/h7-8H,2-6H2,1H3;2*1H2. The van der Waals surface area contributed by atoms with E-state index in [1.54, 1.807) is 0 Å². The van der Waals surface area contributed by atoms with E-state index in [1.165, 1.54) is 12.8 Å². The highest BCUT2D eigenvalue weighted by Gasteiger charge is 1.81. The number of rotatable bonds is 5. The summed E-state index contributed by atoms with van der Waals surface area (Å²) >= 11 is 0. The van der Waals surface area contributed by atoms with Crippen molar-refractivity contribution in [2.45, 2.75) is 19.8 Å². The first-order valence-electron chi connectivity index (χ1n) is 3.23. The van der Waals surface area contributed by atoms with Crippen molar-refractivity contribution in [2.75, 3.05) is 19.7 Å². The summed E-state index contributed by atoms with van der Waals surface area (Å²) in [6.45, 7) is 4.18. The minimum Gasteiger partial charge on any atom is -0.412 e. The van der Waals surface area contributed by atoms with E-state index in [-0.39, 0.29) is 17.6 Å². The maximum atomic E-state index is 8.30. The third kappa shape index (κ3) is 15.7. The van der Waals surface area contributed by atoms with Crippen LogP contribution in [0.15, 0.2) is 0 Å². The van der Waals surface area contributed by atoms with Crippen LogP contribution < -0.4 is 5.32 Å². The first kappa shape index (κ1) is 16.4. The fraction of sp³-hybridized carbons (Fsp3) is 1.00. The lowest BCUT2D eigenvalue weighted by molar-refractivity contribution is 0.292. The van der Waals surface area contributed by atoms with Crippen molar-refractivity contribution in [2.24, 2.45) is 0 Å². The van der Waals surface area contributed by atoms with Crippen LogP contribution >= 0.6 is 0 Å². The molecule has 0 atom stereocenters. The van der Waals surface area contributed by atoms with E-state index in [1.807, 2.05) is 0 Å².